The molecule has 0 aromatic carbocycles. The van der Waals surface area contributed by atoms with Crippen LogP contribution in [0.1, 0.15) is 20.3 Å². The van der Waals surface area contributed by atoms with Gasteiger partial charge in [0.1, 0.15) is 0 Å². The summed E-state index contributed by atoms with van der Waals surface area (Å²) in [7, 11) is 0. The molecule has 0 aliphatic rings. The smallest absolute Gasteiger partial charge is 0.237 e. The second-order valence-electron chi connectivity index (χ2n) is 3.31. The molecule has 0 aromatic rings. The minimum Gasteiger partial charge on any atom is -0.396 e. The van der Waals surface area contributed by atoms with Crippen molar-refractivity contribution in [3.05, 3.63) is 0 Å². The predicted molar refractivity (Wildman–Crippen MR) is 60.3 cm³/mol. The Hall–Kier alpha value is -0.260. The summed E-state index contributed by atoms with van der Waals surface area (Å²) >= 11 is 1.63. The lowest BCUT2D eigenvalue weighted by Crippen LogP contribution is -2.53. The number of primary amides is 1. The molecular formula is C9H20N2O2S. The highest BCUT2D eigenvalue weighted by Gasteiger charge is 2.28. The fourth-order valence-corrected chi connectivity index (χ4v) is 2.02. The Kier molecular flexibility index (Phi) is 6.96. The van der Waals surface area contributed by atoms with E-state index in [0.29, 0.717) is 12.2 Å². The average Bonchev–Trinajstić information content (AvgIpc) is 2.13. The zero-order chi connectivity index (χ0) is 11.0. The van der Waals surface area contributed by atoms with Crippen LogP contribution in [0.25, 0.3) is 0 Å². The monoisotopic (exact) mass is 220 g/mol. The van der Waals surface area contributed by atoms with Crippen molar-refractivity contribution in [1.82, 2.24) is 5.32 Å². The summed E-state index contributed by atoms with van der Waals surface area (Å²) in [6.45, 7) is 4.67. The summed E-state index contributed by atoms with van der Waals surface area (Å²) in [5, 5.41) is 11.7. The van der Waals surface area contributed by atoms with Gasteiger partial charge in [0.05, 0.1) is 12.1 Å². The lowest BCUT2D eigenvalue weighted by atomic mass is 9.98. The van der Waals surface area contributed by atoms with Gasteiger partial charge in [-0.2, -0.15) is 11.8 Å². The van der Waals surface area contributed by atoms with Crippen molar-refractivity contribution in [2.45, 2.75) is 25.8 Å². The van der Waals surface area contributed by atoms with E-state index in [1.54, 1.807) is 11.8 Å². The van der Waals surface area contributed by atoms with Crippen molar-refractivity contribution in [3.63, 3.8) is 0 Å². The van der Waals surface area contributed by atoms with Crippen molar-refractivity contribution in [1.29, 1.82) is 0 Å². The Morgan fingerprint density at radius 3 is 2.64 bits per heavy atom. The number of rotatable bonds is 8. The fraction of sp³-hybridized carbons (Fsp3) is 0.889. The number of nitrogens with two attached hydrogens (primary N) is 1. The maximum Gasteiger partial charge on any atom is 0.237 e. The van der Waals surface area contributed by atoms with Crippen LogP contribution in [-0.2, 0) is 4.79 Å². The second kappa shape index (κ2) is 7.09. The van der Waals surface area contributed by atoms with Crippen LogP contribution in [0.5, 0.6) is 0 Å². The van der Waals surface area contributed by atoms with Gasteiger partial charge in [-0.05, 0) is 25.6 Å². The van der Waals surface area contributed by atoms with E-state index >= 15 is 0 Å². The van der Waals surface area contributed by atoms with Crippen LogP contribution < -0.4 is 11.1 Å². The molecule has 5 heteroatoms. The molecule has 4 N–H and O–H groups in total. The Balaban J connectivity index is 3.90. The third-order valence-corrected chi connectivity index (χ3v) is 3.06. The van der Waals surface area contributed by atoms with Crippen LogP contribution in [0.15, 0.2) is 0 Å². The Morgan fingerprint density at radius 2 is 2.21 bits per heavy atom. The van der Waals surface area contributed by atoms with Crippen LogP contribution in [0, 0.1) is 0 Å². The molecule has 0 aliphatic heterocycles. The summed E-state index contributed by atoms with van der Waals surface area (Å²) in [5.41, 5.74) is 4.70. The standard InChI is InChI=1S/C9H20N2O2S/c1-3-11-9(2,8(10)13)4-6-14-7-5-12/h11-12H,3-7H2,1-2H3,(H2,10,13). The number of carbonyl (C=O) groups excluding carboxylic acids is 1. The van der Waals surface area contributed by atoms with E-state index in [1.165, 1.54) is 0 Å². The van der Waals surface area contributed by atoms with Gasteiger partial charge in [0.15, 0.2) is 0 Å². The number of thioether (sulfide) groups is 1. The largest absolute Gasteiger partial charge is 0.396 e. The lowest BCUT2D eigenvalue weighted by molar-refractivity contribution is -0.123. The molecule has 0 spiro atoms. The van der Waals surface area contributed by atoms with Gasteiger partial charge >= 0.3 is 0 Å². The molecule has 0 bridgehead atoms. The normalized spacial score (nSPS) is 15.1. The molecule has 14 heavy (non-hydrogen) atoms. The van der Waals surface area contributed by atoms with Gasteiger partial charge in [-0.3, -0.25) is 4.79 Å². The SMILES string of the molecule is CCNC(C)(CCSCCO)C(N)=O. The summed E-state index contributed by atoms with van der Waals surface area (Å²) in [6, 6.07) is 0. The molecule has 1 atom stereocenters. The van der Waals surface area contributed by atoms with Crippen molar-refractivity contribution in [3.8, 4) is 0 Å². The van der Waals surface area contributed by atoms with Crippen LogP contribution in [-0.4, -0.2) is 41.2 Å². The molecule has 0 aliphatic carbocycles. The van der Waals surface area contributed by atoms with E-state index in [0.717, 1.165) is 12.3 Å². The molecular weight excluding hydrogens is 200 g/mol. The molecule has 0 heterocycles. The van der Waals surface area contributed by atoms with Crippen molar-refractivity contribution < 1.29 is 9.90 Å². The molecule has 0 saturated heterocycles. The number of carbonyl (C=O) groups is 1. The highest BCUT2D eigenvalue weighted by atomic mass is 32.2. The maximum absolute atomic E-state index is 11.2. The highest BCUT2D eigenvalue weighted by Crippen LogP contribution is 2.13. The Labute approximate surface area is 89.6 Å². The molecule has 0 aromatic heterocycles. The maximum atomic E-state index is 11.2. The summed E-state index contributed by atoms with van der Waals surface area (Å²) < 4.78 is 0. The Morgan fingerprint density at radius 1 is 1.57 bits per heavy atom. The fourth-order valence-electron chi connectivity index (χ4n) is 1.13. The molecule has 1 amide bonds. The van der Waals surface area contributed by atoms with Crippen LogP contribution >= 0.6 is 11.8 Å². The third-order valence-electron chi connectivity index (χ3n) is 2.09. The Bertz CT molecular complexity index is 178. The number of aliphatic hydroxyl groups is 1. The highest BCUT2D eigenvalue weighted by molar-refractivity contribution is 7.99. The lowest BCUT2D eigenvalue weighted by Gasteiger charge is -2.26. The zero-order valence-corrected chi connectivity index (χ0v) is 9.69. The summed E-state index contributed by atoms with van der Waals surface area (Å²) in [4.78, 5) is 11.2. The summed E-state index contributed by atoms with van der Waals surface area (Å²) in [5.74, 6) is 1.22. The van der Waals surface area contributed by atoms with E-state index < -0.39 is 5.54 Å². The number of hydrogen-bond donors (Lipinski definition) is 3. The number of hydrogen-bond acceptors (Lipinski definition) is 4. The van der Waals surface area contributed by atoms with Crippen LogP contribution in [0.4, 0.5) is 0 Å². The van der Waals surface area contributed by atoms with Gasteiger partial charge in [-0.1, -0.05) is 6.92 Å². The van der Waals surface area contributed by atoms with E-state index in [2.05, 4.69) is 5.32 Å². The van der Waals surface area contributed by atoms with Gasteiger partial charge in [0.25, 0.3) is 0 Å². The molecule has 84 valence electrons. The van der Waals surface area contributed by atoms with Crippen molar-refractivity contribution in [2.24, 2.45) is 5.73 Å². The van der Waals surface area contributed by atoms with Gasteiger partial charge < -0.3 is 16.2 Å². The molecule has 0 radical (unpaired) electrons. The van der Waals surface area contributed by atoms with Gasteiger partial charge in [0.2, 0.25) is 5.91 Å². The number of likely N-dealkylation sites (N-methyl/N-ethyl adjacent to an activating group) is 1. The molecule has 0 rings (SSSR count). The quantitative estimate of drug-likeness (QED) is 0.502. The first-order valence-electron chi connectivity index (χ1n) is 4.80. The number of aliphatic hydroxyl groups excluding tert-OH is 1. The predicted octanol–water partition coefficient (Wildman–Crippen LogP) is -0.0445. The zero-order valence-electron chi connectivity index (χ0n) is 8.88. The van der Waals surface area contributed by atoms with Crippen LogP contribution in [0.2, 0.25) is 0 Å². The van der Waals surface area contributed by atoms with E-state index in [4.69, 9.17) is 10.8 Å². The van der Waals surface area contributed by atoms with Gasteiger partial charge in [-0.15, -0.1) is 0 Å². The van der Waals surface area contributed by atoms with Crippen molar-refractivity contribution in [2.75, 3.05) is 24.7 Å². The van der Waals surface area contributed by atoms with Gasteiger partial charge in [-0.25, -0.2) is 0 Å². The minimum atomic E-state index is -0.614. The molecule has 1 unspecified atom stereocenters. The van der Waals surface area contributed by atoms with E-state index in [1.807, 2.05) is 13.8 Å². The first kappa shape index (κ1) is 13.7. The molecule has 0 fully saturated rings. The molecule has 0 saturated carbocycles. The van der Waals surface area contributed by atoms with Crippen molar-refractivity contribution >= 4 is 17.7 Å². The third kappa shape index (κ3) is 4.83. The summed E-state index contributed by atoms with van der Waals surface area (Å²) in [6.07, 6.45) is 0.695. The second-order valence-corrected chi connectivity index (χ2v) is 4.54. The van der Waals surface area contributed by atoms with E-state index in [-0.39, 0.29) is 12.5 Å². The number of nitrogens with one attached hydrogen (secondary N) is 1. The topological polar surface area (TPSA) is 75.3 Å². The first-order chi connectivity index (χ1) is 6.56. The van der Waals surface area contributed by atoms with Crippen LogP contribution in [0.3, 0.4) is 0 Å². The van der Waals surface area contributed by atoms with Gasteiger partial charge in [0, 0.05) is 5.75 Å². The number of amides is 1. The minimum absolute atomic E-state index is 0.180. The van der Waals surface area contributed by atoms with E-state index in [9.17, 15) is 4.79 Å². The molecule has 4 nitrogen and oxygen atoms in total. The average molecular weight is 220 g/mol. The first-order valence-corrected chi connectivity index (χ1v) is 5.96.